The maximum atomic E-state index is 6.23. The third kappa shape index (κ3) is 5.09. The van der Waals surface area contributed by atoms with Crippen molar-refractivity contribution in [1.29, 1.82) is 0 Å². The lowest BCUT2D eigenvalue weighted by Gasteiger charge is -2.33. The van der Waals surface area contributed by atoms with E-state index in [1.54, 1.807) is 0 Å². The van der Waals surface area contributed by atoms with Crippen LogP contribution >= 0.6 is 11.6 Å². The van der Waals surface area contributed by atoms with Crippen LogP contribution in [0.5, 0.6) is 0 Å². The van der Waals surface area contributed by atoms with Crippen LogP contribution in [0.3, 0.4) is 0 Å². The minimum Gasteiger partial charge on any atom is -0.338 e. The highest BCUT2D eigenvalue weighted by Gasteiger charge is 2.24. The van der Waals surface area contributed by atoms with Crippen LogP contribution in [0.1, 0.15) is 55.8 Å². The molecule has 6 heteroatoms. The Hall–Kier alpha value is -1.43. The van der Waals surface area contributed by atoms with Gasteiger partial charge in [-0.15, -0.1) is 0 Å². The second-order valence-electron chi connectivity index (χ2n) is 7.83. The van der Waals surface area contributed by atoms with Gasteiger partial charge in [0.15, 0.2) is 5.82 Å². The summed E-state index contributed by atoms with van der Waals surface area (Å²) in [6.45, 7) is 5.31. The zero-order valence-electron chi connectivity index (χ0n) is 15.9. The van der Waals surface area contributed by atoms with E-state index in [9.17, 15) is 0 Å². The van der Waals surface area contributed by atoms with Crippen LogP contribution in [-0.2, 0) is 13.0 Å². The first-order valence-electron chi connectivity index (χ1n) is 10.3. The highest BCUT2D eigenvalue weighted by Crippen LogP contribution is 2.24. The summed E-state index contributed by atoms with van der Waals surface area (Å²) in [5.74, 6) is 1.42. The largest absolute Gasteiger partial charge is 0.338 e. The lowest BCUT2D eigenvalue weighted by molar-refractivity contribution is 0.156. The van der Waals surface area contributed by atoms with Crippen molar-refractivity contribution in [3.63, 3.8) is 0 Å². The molecule has 1 saturated heterocycles. The number of halogens is 1. The summed E-state index contributed by atoms with van der Waals surface area (Å²) >= 11 is 6.23. The molecule has 1 aliphatic heterocycles. The third-order valence-corrected chi connectivity index (χ3v) is 6.26. The van der Waals surface area contributed by atoms with Crippen LogP contribution in [0.4, 0.5) is 0 Å². The van der Waals surface area contributed by atoms with Gasteiger partial charge < -0.3 is 4.52 Å². The van der Waals surface area contributed by atoms with Gasteiger partial charge in [-0.2, -0.15) is 4.98 Å². The molecule has 0 N–H and O–H groups in total. The number of hydrogen-bond donors (Lipinski definition) is 0. The molecule has 1 saturated carbocycles. The van der Waals surface area contributed by atoms with E-state index in [-0.39, 0.29) is 0 Å². The van der Waals surface area contributed by atoms with Gasteiger partial charge in [-0.05, 0) is 44.0 Å². The zero-order chi connectivity index (χ0) is 18.5. The van der Waals surface area contributed by atoms with Crippen LogP contribution in [0.25, 0.3) is 0 Å². The first-order chi connectivity index (χ1) is 13.3. The molecule has 0 radical (unpaired) electrons. The number of aromatic nitrogens is 2. The summed E-state index contributed by atoms with van der Waals surface area (Å²) in [5, 5.41) is 4.90. The van der Waals surface area contributed by atoms with E-state index in [0.717, 1.165) is 42.8 Å². The van der Waals surface area contributed by atoms with Gasteiger partial charge in [-0.25, -0.2) is 0 Å². The summed E-state index contributed by atoms with van der Waals surface area (Å²) in [6, 6.07) is 8.63. The van der Waals surface area contributed by atoms with Crippen LogP contribution in [0.15, 0.2) is 28.8 Å². The monoisotopic (exact) mass is 388 g/mol. The predicted octanol–water partition coefficient (Wildman–Crippen LogP) is 4.15. The van der Waals surface area contributed by atoms with Crippen LogP contribution in [0, 0.1) is 0 Å². The van der Waals surface area contributed by atoms with Crippen molar-refractivity contribution in [3.8, 4) is 0 Å². The zero-order valence-corrected chi connectivity index (χ0v) is 16.7. The predicted molar refractivity (Wildman–Crippen MR) is 107 cm³/mol. The molecule has 1 aromatic carbocycles. The molecule has 2 heterocycles. The minimum atomic E-state index is 0.610. The molecule has 0 amide bonds. The number of nitrogens with zero attached hydrogens (tertiary/aromatic N) is 4. The fraction of sp³-hybridized carbons (Fsp3) is 0.619. The topological polar surface area (TPSA) is 45.4 Å². The molecule has 2 aliphatic rings. The van der Waals surface area contributed by atoms with Crippen molar-refractivity contribution < 1.29 is 4.52 Å². The van der Waals surface area contributed by atoms with Gasteiger partial charge in [0.05, 0.1) is 6.54 Å². The number of benzene rings is 1. The van der Waals surface area contributed by atoms with Crippen LogP contribution < -0.4 is 0 Å². The molecular formula is C21H29ClN4O. The van der Waals surface area contributed by atoms with E-state index >= 15 is 0 Å². The lowest BCUT2D eigenvalue weighted by Crippen LogP contribution is -2.39. The lowest BCUT2D eigenvalue weighted by atomic mass is 9.94. The Kier molecular flexibility index (Phi) is 6.43. The highest BCUT2D eigenvalue weighted by atomic mass is 35.5. The first-order valence-corrected chi connectivity index (χ1v) is 10.7. The van der Waals surface area contributed by atoms with Gasteiger partial charge in [0.25, 0.3) is 0 Å². The van der Waals surface area contributed by atoms with Gasteiger partial charge in [0.1, 0.15) is 0 Å². The molecule has 2 aromatic rings. The Labute approximate surface area is 166 Å². The van der Waals surface area contributed by atoms with Crippen molar-refractivity contribution in [2.45, 2.75) is 57.5 Å². The molecule has 1 aromatic heterocycles. The summed E-state index contributed by atoms with van der Waals surface area (Å²) < 4.78 is 5.50. The van der Waals surface area contributed by atoms with Crippen molar-refractivity contribution in [1.82, 2.24) is 19.9 Å². The fourth-order valence-corrected chi connectivity index (χ4v) is 4.59. The smallest absolute Gasteiger partial charge is 0.240 e. The Morgan fingerprint density at radius 3 is 2.70 bits per heavy atom. The Morgan fingerprint density at radius 2 is 1.85 bits per heavy atom. The Bertz CT molecular complexity index is 728. The van der Waals surface area contributed by atoms with Gasteiger partial charge >= 0.3 is 0 Å². The molecule has 5 nitrogen and oxygen atoms in total. The fourth-order valence-electron chi connectivity index (χ4n) is 4.39. The van der Waals surface area contributed by atoms with E-state index in [2.05, 4.69) is 19.9 Å². The maximum Gasteiger partial charge on any atom is 0.240 e. The third-order valence-electron chi connectivity index (χ3n) is 5.89. The molecule has 0 unspecified atom stereocenters. The second-order valence-corrected chi connectivity index (χ2v) is 8.24. The molecule has 1 aliphatic carbocycles. The van der Waals surface area contributed by atoms with Gasteiger partial charge in [-0.1, -0.05) is 54.2 Å². The van der Waals surface area contributed by atoms with Gasteiger partial charge in [0.2, 0.25) is 5.89 Å². The number of hydrogen-bond acceptors (Lipinski definition) is 5. The van der Waals surface area contributed by atoms with E-state index in [1.165, 1.54) is 45.1 Å². The average molecular weight is 389 g/mol. The summed E-state index contributed by atoms with van der Waals surface area (Å²) in [7, 11) is 0. The quantitative estimate of drug-likeness (QED) is 0.769. The van der Waals surface area contributed by atoms with Gasteiger partial charge in [0, 0.05) is 30.6 Å². The van der Waals surface area contributed by atoms with Gasteiger partial charge in [-0.3, -0.25) is 9.80 Å². The van der Waals surface area contributed by atoms with Crippen molar-refractivity contribution >= 4 is 11.6 Å². The average Bonchev–Trinajstić information content (AvgIpc) is 2.99. The maximum absolute atomic E-state index is 6.23. The second kappa shape index (κ2) is 9.18. The van der Waals surface area contributed by atoms with Crippen LogP contribution in [-0.4, -0.2) is 52.2 Å². The van der Waals surface area contributed by atoms with E-state index in [1.807, 2.05) is 24.3 Å². The van der Waals surface area contributed by atoms with Crippen molar-refractivity contribution in [2.75, 3.05) is 26.2 Å². The highest BCUT2D eigenvalue weighted by molar-refractivity contribution is 6.31. The molecule has 27 heavy (non-hydrogen) atoms. The Balaban J connectivity index is 1.30. The molecule has 4 rings (SSSR count). The SMILES string of the molecule is Clc1ccccc1Cc1noc(CN2CCCN(C3CCCCC3)CC2)n1. The standard InChI is InChI=1S/C21H29ClN4O/c22-19-10-5-4-7-17(19)15-20-23-21(27-24-20)16-25-11-6-12-26(14-13-25)18-8-2-1-3-9-18/h4-5,7,10,18H,1-3,6,8-9,11-16H2. The molecule has 146 valence electrons. The Morgan fingerprint density at radius 1 is 1.00 bits per heavy atom. The molecular weight excluding hydrogens is 360 g/mol. The summed E-state index contributed by atoms with van der Waals surface area (Å²) in [5.41, 5.74) is 1.03. The molecule has 0 bridgehead atoms. The molecule has 0 spiro atoms. The minimum absolute atomic E-state index is 0.610. The number of rotatable bonds is 5. The van der Waals surface area contributed by atoms with Crippen molar-refractivity contribution in [3.05, 3.63) is 46.6 Å². The van der Waals surface area contributed by atoms with E-state index < -0.39 is 0 Å². The van der Waals surface area contributed by atoms with Crippen molar-refractivity contribution in [2.24, 2.45) is 0 Å². The molecule has 0 atom stereocenters. The first kappa shape index (κ1) is 18.9. The summed E-state index contributed by atoms with van der Waals surface area (Å²) in [6.07, 6.45) is 8.83. The molecule has 2 fully saturated rings. The van der Waals surface area contributed by atoms with E-state index in [4.69, 9.17) is 16.1 Å². The summed E-state index contributed by atoms with van der Waals surface area (Å²) in [4.78, 5) is 9.76. The normalized spacial score (nSPS) is 20.6. The van der Waals surface area contributed by atoms with Crippen LogP contribution in [0.2, 0.25) is 5.02 Å². The van der Waals surface area contributed by atoms with E-state index in [0.29, 0.717) is 18.1 Å².